The van der Waals surface area contributed by atoms with Crippen molar-refractivity contribution in [2.75, 3.05) is 49.2 Å². The lowest BCUT2D eigenvalue weighted by Gasteiger charge is -2.24. The van der Waals surface area contributed by atoms with Gasteiger partial charge in [-0.3, -0.25) is 19.3 Å². The number of carbonyl (C=O) groups excluding carboxylic acids is 4. The number of nitrogens with zero attached hydrogens (tertiary/aromatic N) is 3. The molecule has 2 fully saturated rings. The first kappa shape index (κ1) is 24.4. The number of halogens is 1. The fraction of sp³-hybridized carbons (Fsp3) is 0.545. The van der Waals surface area contributed by atoms with Crippen LogP contribution in [-0.4, -0.2) is 74.3 Å². The highest BCUT2D eigenvalue weighted by Crippen LogP contribution is 2.29. The molecular formula is C22H28FN3O7. The van der Waals surface area contributed by atoms with Gasteiger partial charge < -0.3 is 19.2 Å². The van der Waals surface area contributed by atoms with Gasteiger partial charge in [0.2, 0.25) is 0 Å². The van der Waals surface area contributed by atoms with Gasteiger partial charge in [0.25, 0.3) is 5.91 Å². The molecule has 2 aliphatic heterocycles. The normalized spacial score (nSPS) is 18.7. The highest BCUT2D eigenvalue weighted by molar-refractivity contribution is 5.93. The third-order valence-electron chi connectivity index (χ3n) is 5.34. The average molecular weight is 465 g/mol. The van der Waals surface area contributed by atoms with E-state index in [1.165, 1.54) is 17.9 Å². The number of amides is 2. The van der Waals surface area contributed by atoms with Crippen LogP contribution in [0.5, 0.6) is 0 Å². The topological polar surface area (TPSA) is 106 Å². The summed E-state index contributed by atoms with van der Waals surface area (Å²) >= 11 is 0. The van der Waals surface area contributed by atoms with Gasteiger partial charge >= 0.3 is 12.1 Å². The first-order valence-electron chi connectivity index (χ1n) is 10.9. The quantitative estimate of drug-likeness (QED) is 0.424. The summed E-state index contributed by atoms with van der Waals surface area (Å²) in [4.78, 5) is 55.6. The highest BCUT2D eigenvalue weighted by atomic mass is 19.1. The zero-order chi connectivity index (χ0) is 24.0. The van der Waals surface area contributed by atoms with Crippen LogP contribution in [0.4, 0.5) is 20.6 Å². The molecule has 11 heteroatoms. The summed E-state index contributed by atoms with van der Waals surface area (Å²) in [6.07, 6.45) is -0.664. The highest BCUT2D eigenvalue weighted by Gasteiger charge is 2.33. The lowest BCUT2D eigenvalue weighted by Crippen LogP contribution is -2.35. The lowest BCUT2D eigenvalue weighted by molar-refractivity contribution is -0.184. The van der Waals surface area contributed by atoms with Crippen molar-refractivity contribution in [2.24, 2.45) is 0 Å². The summed E-state index contributed by atoms with van der Waals surface area (Å²) in [7, 11) is 0. The van der Waals surface area contributed by atoms with Crippen molar-refractivity contribution in [3.63, 3.8) is 0 Å². The first-order chi connectivity index (χ1) is 15.8. The molecule has 2 heterocycles. The van der Waals surface area contributed by atoms with Gasteiger partial charge in [-0.2, -0.15) is 0 Å². The molecule has 3 rings (SSSR count). The number of hydroxylamine groups is 2. The van der Waals surface area contributed by atoms with Crippen LogP contribution < -0.4 is 9.80 Å². The van der Waals surface area contributed by atoms with E-state index in [4.69, 9.17) is 14.3 Å². The molecule has 33 heavy (non-hydrogen) atoms. The standard InChI is InChI=1S/C22H28FN3O7/c1-3-31-21(29)13-20(28)26-9-8-24(10-11-32-26)19-7-5-16(12-18(19)23)25-14-17(33-22(25)30)6-4-15(2)27/h5,7,12,17H,3-4,6,8-11,13-14H2,1-2H3/t17-/m0/s1. The van der Waals surface area contributed by atoms with Gasteiger partial charge in [-0.15, -0.1) is 0 Å². The molecule has 1 aromatic rings. The van der Waals surface area contributed by atoms with Crippen LogP contribution >= 0.6 is 0 Å². The molecule has 0 unspecified atom stereocenters. The molecule has 0 radical (unpaired) electrons. The number of esters is 1. The predicted molar refractivity (Wildman–Crippen MR) is 115 cm³/mol. The molecule has 0 aliphatic carbocycles. The van der Waals surface area contributed by atoms with Crippen LogP contribution in [0.25, 0.3) is 0 Å². The number of ketones is 1. The summed E-state index contributed by atoms with van der Waals surface area (Å²) in [6.45, 7) is 4.47. The Morgan fingerprint density at radius 3 is 2.70 bits per heavy atom. The molecule has 0 N–H and O–H groups in total. The number of Topliss-reactive ketones (excluding diaryl/α,β-unsaturated/α-hetero) is 1. The van der Waals surface area contributed by atoms with Crippen molar-refractivity contribution >= 4 is 35.1 Å². The van der Waals surface area contributed by atoms with Crippen molar-refractivity contribution in [3.05, 3.63) is 24.0 Å². The molecule has 180 valence electrons. The van der Waals surface area contributed by atoms with Crippen LogP contribution in [0.2, 0.25) is 0 Å². The van der Waals surface area contributed by atoms with Gasteiger partial charge in [0.15, 0.2) is 0 Å². The molecule has 10 nitrogen and oxygen atoms in total. The van der Waals surface area contributed by atoms with Crippen LogP contribution in [0.1, 0.15) is 33.1 Å². The fourth-order valence-electron chi connectivity index (χ4n) is 3.68. The van der Waals surface area contributed by atoms with Crippen LogP contribution in [0.3, 0.4) is 0 Å². The Balaban J connectivity index is 1.61. The van der Waals surface area contributed by atoms with Gasteiger partial charge in [0.1, 0.15) is 24.1 Å². The van der Waals surface area contributed by atoms with E-state index in [2.05, 4.69) is 0 Å². The Bertz CT molecular complexity index is 910. The molecule has 1 aromatic carbocycles. The van der Waals surface area contributed by atoms with E-state index in [-0.39, 0.29) is 32.1 Å². The smallest absolute Gasteiger partial charge is 0.414 e. The minimum Gasteiger partial charge on any atom is -0.466 e. The zero-order valence-corrected chi connectivity index (χ0v) is 18.8. The number of ether oxygens (including phenoxy) is 2. The predicted octanol–water partition coefficient (Wildman–Crippen LogP) is 2.05. The van der Waals surface area contributed by atoms with Crippen LogP contribution in [-0.2, 0) is 28.7 Å². The molecule has 0 saturated carbocycles. The van der Waals surface area contributed by atoms with Gasteiger partial charge in [-0.1, -0.05) is 0 Å². The largest absolute Gasteiger partial charge is 0.466 e. The second-order valence-corrected chi connectivity index (χ2v) is 7.79. The van der Waals surface area contributed by atoms with E-state index in [0.717, 1.165) is 5.06 Å². The minimum atomic E-state index is -0.627. The molecule has 2 aliphatic rings. The SMILES string of the molecule is CCOC(=O)CC(=O)N1CCN(c2ccc(N3C[C@H](CCC(C)=O)OC3=O)cc2F)CCO1. The van der Waals surface area contributed by atoms with Gasteiger partial charge in [-0.05, 0) is 38.5 Å². The van der Waals surface area contributed by atoms with Crippen molar-refractivity contribution in [1.29, 1.82) is 0 Å². The van der Waals surface area contributed by atoms with Crippen LogP contribution in [0, 0.1) is 5.82 Å². The Labute approximate surface area is 191 Å². The molecule has 2 amide bonds. The number of hydrogen-bond donors (Lipinski definition) is 0. The summed E-state index contributed by atoms with van der Waals surface area (Å²) in [5, 5.41) is 1.10. The number of hydrogen-bond acceptors (Lipinski definition) is 8. The number of anilines is 2. The number of cyclic esters (lactones) is 1. The first-order valence-corrected chi connectivity index (χ1v) is 10.9. The lowest BCUT2D eigenvalue weighted by atomic mass is 10.1. The van der Waals surface area contributed by atoms with Crippen molar-refractivity contribution in [3.8, 4) is 0 Å². The summed E-state index contributed by atoms with van der Waals surface area (Å²) in [5.41, 5.74) is 0.673. The summed E-state index contributed by atoms with van der Waals surface area (Å²) in [5.74, 6) is -1.66. The Morgan fingerprint density at radius 2 is 2.00 bits per heavy atom. The minimum absolute atomic E-state index is 0.0162. The van der Waals surface area contributed by atoms with Crippen LogP contribution in [0.15, 0.2) is 18.2 Å². The van der Waals surface area contributed by atoms with Crippen molar-refractivity contribution < 1.29 is 37.9 Å². The molecule has 0 aromatic heterocycles. The average Bonchev–Trinajstić information content (AvgIpc) is 2.96. The molecule has 0 spiro atoms. The van der Waals surface area contributed by atoms with E-state index in [1.54, 1.807) is 24.0 Å². The molecular weight excluding hydrogens is 437 g/mol. The van der Waals surface area contributed by atoms with Crippen molar-refractivity contribution in [2.45, 2.75) is 39.2 Å². The maximum absolute atomic E-state index is 15.0. The second-order valence-electron chi connectivity index (χ2n) is 7.79. The maximum atomic E-state index is 15.0. The van der Waals surface area contributed by atoms with Gasteiger partial charge in [0, 0.05) is 19.5 Å². The van der Waals surface area contributed by atoms with Gasteiger partial charge in [-0.25, -0.2) is 14.2 Å². The van der Waals surface area contributed by atoms with E-state index in [1.807, 2.05) is 0 Å². The fourth-order valence-corrected chi connectivity index (χ4v) is 3.68. The van der Waals surface area contributed by atoms with E-state index in [0.29, 0.717) is 37.3 Å². The molecule has 0 bridgehead atoms. The molecule has 1 atom stereocenters. The Hall–Kier alpha value is -3.21. The number of rotatable bonds is 8. The van der Waals surface area contributed by atoms with E-state index >= 15 is 0 Å². The maximum Gasteiger partial charge on any atom is 0.414 e. The third-order valence-corrected chi connectivity index (χ3v) is 5.34. The summed E-state index contributed by atoms with van der Waals surface area (Å²) in [6, 6.07) is 4.46. The third kappa shape index (κ3) is 6.41. The molecule has 2 saturated heterocycles. The Morgan fingerprint density at radius 1 is 1.21 bits per heavy atom. The summed E-state index contributed by atoms with van der Waals surface area (Å²) < 4.78 is 25.0. The van der Waals surface area contributed by atoms with E-state index < -0.39 is 36.3 Å². The zero-order valence-electron chi connectivity index (χ0n) is 18.8. The van der Waals surface area contributed by atoms with E-state index in [9.17, 15) is 23.6 Å². The second kappa shape index (κ2) is 11.1. The van der Waals surface area contributed by atoms with Crippen molar-refractivity contribution in [1.82, 2.24) is 5.06 Å². The number of carbonyl (C=O) groups is 4. The number of benzene rings is 1. The monoisotopic (exact) mass is 465 g/mol. The van der Waals surface area contributed by atoms with Gasteiger partial charge in [0.05, 0.1) is 37.7 Å². The Kier molecular flexibility index (Phi) is 8.21.